The molecular formula is C17H25Cl2NO. The van der Waals surface area contributed by atoms with Crippen molar-refractivity contribution < 1.29 is 4.74 Å². The van der Waals surface area contributed by atoms with E-state index in [0.29, 0.717) is 10.0 Å². The number of methoxy groups -OCH3 is 1. The quantitative estimate of drug-likeness (QED) is 0.732. The summed E-state index contributed by atoms with van der Waals surface area (Å²) in [7, 11) is 1.84. The molecule has 0 aromatic heterocycles. The van der Waals surface area contributed by atoms with Gasteiger partial charge in [0.2, 0.25) is 0 Å². The number of halogens is 2. The average molecular weight is 330 g/mol. The van der Waals surface area contributed by atoms with Crippen molar-refractivity contribution in [2.24, 2.45) is 0 Å². The largest absolute Gasteiger partial charge is 0.376 e. The number of ether oxygens (including phenoxy) is 1. The van der Waals surface area contributed by atoms with E-state index in [1.165, 1.54) is 25.7 Å². The minimum absolute atomic E-state index is 0.149. The topological polar surface area (TPSA) is 21.3 Å². The molecule has 2 nitrogen and oxygen atoms in total. The zero-order valence-electron chi connectivity index (χ0n) is 12.9. The Bertz CT molecular complexity index is 456. The molecule has 118 valence electrons. The van der Waals surface area contributed by atoms with Crippen molar-refractivity contribution in [3.8, 4) is 0 Å². The fourth-order valence-electron chi connectivity index (χ4n) is 3.44. The Morgan fingerprint density at radius 2 is 1.81 bits per heavy atom. The van der Waals surface area contributed by atoms with E-state index in [1.54, 1.807) is 0 Å². The molecular weight excluding hydrogens is 305 g/mol. The first-order valence-corrected chi connectivity index (χ1v) is 8.62. The summed E-state index contributed by atoms with van der Waals surface area (Å²) in [5.74, 6) is 0. The minimum Gasteiger partial charge on any atom is -0.376 e. The highest BCUT2D eigenvalue weighted by Crippen LogP contribution is 2.41. The number of nitrogens with one attached hydrogen (secondary N) is 1. The van der Waals surface area contributed by atoms with Crippen molar-refractivity contribution in [1.29, 1.82) is 0 Å². The van der Waals surface area contributed by atoms with E-state index in [-0.39, 0.29) is 11.6 Å². The predicted molar refractivity (Wildman–Crippen MR) is 90.3 cm³/mol. The van der Waals surface area contributed by atoms with Gasteiger partial charge in [-0.2, -0.15) is 0 Å². The molecule has 0 heterocycles. The lowest BCUT2D eigenvalue weighted by molar-refractivity contribution is -0.0536. The molecule has 1 aliphatic carbocycles. The van der Waals surface area contributed by atoms with Crippen molar-refractivity contribution in [1.82, 2.24) is 5.32 Å². The van der Waals surface area contributed by atoms with E-state index < -0.39 is 0 Å². The highest BCUT2D eigenvalue weighted by atomic mass is 35.5. The van der Waals surface area contributed by atoms with Crippen LogP contribution in [-0.4, -0.2) is 19.3 Å². The summed E-state index contributed by atoms with van der Waals surface area (Å²) in [6, 6.07) is 6.07. The lowest BCUT2D eigenvalue weighted by atomic mass is 9.82. The molecule has 2 rings (SSSR count). The van der Waals surface area contributed by atoms with Crippen molar-refractivity contribution in [3.05, 3.63) is 33.8 Å². The average Bonchev–Trinajstić information content (AvgIpc) is 2.74. The lowest BCUT2D eigenvalue weighted by Gasteiger charge is -2.40. The molecule has 1 atom stereocenters. The normalized spacial score (nSPS) is 20.0. The van der Waals surface area contributed by atoms with Crippen LogP contribution in [0, 0.1) is 0 Å². The molecule has 1 fully saturated rings. The van der Waals surface area contributed by atoms with Crippen LogP contribution in [0.2, 0.25) is 10.0 Å². The van der Waals surface area contributed by atoms with Crippen LogP contribution < -0.4 is 5.32 Å². The Kier molecular flexibility index (Phi) is 6.36. The Morgan fingerprint density at radius 1 is 1.14 bits per heavy atom. The predicted octanol–water partition coefficient (Wildman–Crippen LogP) is 5.38. The van der Waals surface area contributed by atoms with Gasteiger partial charge >= 0.3 is 0 Å². The smallest absolute Gasteiger partial charge is 0.0872 e. The van der Waals surface area contributed by atoms with Crippen LogP contribution >= 0.6 is 23.2 Å². The highest BCUT2D eigenvalue weighted by Gasteiger charge is 2.39. The van der Waals surface area contributed by atoms with Gasteiger partial charge in [0.05, 0.1) is 21.7 Å². The van der Waals surface area contributed by atoms with Crippen molar-refractivity contribution >= 4 is 23.2 Å². The van der Waals surface area contributed by atoms with Crippen molar-refractivity contribution in [2.75, 3.05) is 13.7 Å². The summed E-state index contributed by atoms with van der Waals surface area (Å²) >= 11 is 12.3. The van der Waals surface area contributed by atoms with Crippen LogP contribution in [0.25, 0.3) is 0 Å². The SMILES string of the molecule is CCNC(c1ccc(Cl)c(Cl)c1)C1(OC)CCCCCC1. The summed E-state index contributed by atoms with van der Waals surface area (Å²) in [5, 5.41) is 4.82. The molecule has 1 saturated carbocycles. The Morgan fingerprint density at radius 3 is 2.33 bits per heavy atom. The highest BCUT2D eigenvalue weighted by molar-refractivity contribution is 6.42. The second-order valence-corrected chi connectivity index (χ2v) is 6.66. The van der Waals surface area contributed by atoms with Gasteiger partial charge < -0.3 is 10.1 Å². The Balaban J connectivity index is 2.36. The summed E-state index contributed by atoms with van der Waals surface area (Å²) < 4.78 is 6.06. The van der Waals surface area contributed by atoms with E-state index in [4.69, 9.17) is 27.9 Å². The van der Waals surface area contributed by atoms with E-state index in [0.717, 1.165) is 24.9 Å². The van der Waals surface area contributed by atoms with Crippen molar-refractivity contribution in [3.63, 3.8) is 0 Å². The fourth-order valence-corrected chi connectivity index (χ4v) is 3.75. The van der Waals surface area contributed by atoms with Crippen LogP contribution in [-0.2, 0) is 4.74 Å². The third-order valence-corrected chi connectivity index (χ3v) is 5.31. The molecule has 1 aromatic carbocycles. The van der Waals surface area contributed by atoms with Crippen LogP contribution in [0.15, 0.2) is 18.2 Å². The monoisotopic (exact) mass is 329 g/mol. The van der Waals surface area contributed by atoms with Gasteiger partial charge in [-0.05, 0) is 37.1 Å². The number of likely N-dealkylation sites (N-methyl/N-ethyl adjacent to an activating group) is 1. The van der Waals surface area contributed by atoms with Gasteiger partial charge in [0.25, 0.3) is 0 Å². The van der Waals surface area contributed by atoms with E-state index in [2.05, 4.69) is 18.3 Å². The Hall–Kier alpha value is -0.280. The maximum Gasteiger partial charge on any atom is 0.0872 e. The third-order valence-electron chi connectivity index (χ3n) is 4.57. The molecule has 1 N–H and O–H groups in total. The lowest BCUT2D eigenvalue weighted by Crippen LogP contribution is -2.45. The first kappa shape index (κ1) is 17.1. The van der Waals surface area contributed by atoms with Gasteiger partial charge in [-0.3, -0.25) is 0 Å². The van der Waals surface area contributed by atoms with Gasteiger partial charge in [0.15, 0.2) is 0 Å². The zero-order valence-corrected chi connectivity index (χ0v) is 14.4. The molecule has 4 heteroatoms. The summed E-state index contributed by atoms with van der Waals surface area (Å²) in [6.07, 6.45) is 7.20. The Labute approximate surface area is 138 Å². The number of hydrogen-bond acceptors (Lipinski definition) is 2. The van der Waals surface area contributed by atoms with Gasteiger partial charge in [-0.1, -0.05) is 61.9 Å². The first-order chi connectivity index (χ1) is 10.1. The molecule has 0 amide bonds. The standard InChI is InChI=1S/C17H25Cl2NO/c1-3-20-16(13-8-9-14(18)15(19)12-13)17(21-2)10-6-4-5-7-11-17/h8-9,12,16,20H,3-7,10-11H2,1-2H3. The second-order valence-electron chi connectivity index (χ2n) is 5.85. The molecule has 21 heavy (non-hydrogen) atoms. The fraction of sp³-hybridized carbons (Fsp3) is 0.647. The van der Waals surface area contributed by atoms with Gasteiger partial charge in [0, 0.05) is 7.11 Å². The van der Waals surface area contributed by atoms with Gasteiger partial charge in [-0.15, -0.1) is 0 Å². The van der Waals surface area contributed by atoms with Crippen LogP contribution in [0.5, 0.6) is 0 Å². The maximum atomic E-state index is 6.22. The maximum absolute atomic E-state index is 6.22. The van der Waals surface area contributed by atoms with Crippen molar-refractivity contribution in [2.45, 2.75) is 57.1 Å². The summed E-state index contributed by atoms with van der Waals surface area (Å²) in [4.78, 5) is 0. The molecule has 1 unspecified atom stereocenters. The minimum atomic E-state index is -0.149. The molecule has 0 bridgehead atoms. The van der Waals surface area contributed by atoms with E-state index in [9.17, 15) is 0 Å². The molecule has 0 radical (unpaired) electrons. The molecule has 0 aliphatic heterocycles. The van der Waals surface area contributed by atoms with Crippen LogP contribution in [0.1, 0.15) is 57.1 Å². The number of rotatable bonds is 5. The first-order valence-electron chi connectivity index (χ1n) is 7.86. The molecule has 0 spiro atoms. The van der Waals surface area contributed by atoms with E-state index >= 15 is 0 Å². The van der Waals surface area contributed by atoms with Crippen LogP contribution in [0.3, 0.4) is 0 Å². The number of benzene rings is 1. The van der Waals surface area contributed by atoms with Gasteiger partial charge in [0.1, 0.15) is 0 Å². The molecule has 0 saturated heterocycles. The summed E-state index contributed by atoms with van der Waals surface area (Å²) in [5.41, 5.74) is 1.01. The van der Waals surface area contributed by atoms with Crippen LogP contribution in [0.4, 0.5) is 0 Å². The van der Waals surface area contributed by atoms with E-state index in [1.807, 2.05) is 19.2 Å². The molecule has 1 aromatic rings. The second kappa shape index (κ2) is 7.82. The summed E-state index contributed by atoms with van der Waals surface area (Å²) in [6.45, 7) is 3.03. The van der Waals surface area contributed by atoms with Gasteiger partial charge in [-0.25, -0.2) is 0 Å². The molecule has 1 aliphatic rings. The third kappa shape index (κ3) is 3.92. The zero-order chi connectivity index (χ0) is 15.3. The number of hydrogen-bond donors (Lipinski definition) is 1.